The number of hydrogen-bond acceptors (Lipinski definition) is 2. The SMILES string of the molecule is O=C1CCN(CC(F)(F)F)C1. The highest BCUT2D eigenvalue weighted by atomic mass is 19.4. The van der Waals surface area contributed by atoms with Crippen LogP contribution in [0.5, 0.6) is 0 Å². The van der Waals surface area contributed by atoms with Gasteiger partial charge >= 0.3 is 6.18 Å². The molecule has 1 saturated heterocycles. The first kappa shape index (κ1) is 8.52. The van der Waals surface area contributed by atoms with E-state index in [-0.39, 0.29) is 25.3 Å². The fraction of sp³-hybridized carbons (Fsp3) is 0.833. The van der Waals surface area contributed by atoms with Crippen molar-refractivity contribution in [1.82, 2.24) is 4.90 Å². The monoisotopic (exact) mass is 167 g/mol. The number of rotatable bonds is 1. The van der Waals surface area contributed by atoms with Gasteiger partial charge in [0, 0.05) is 13.0 Å². The average Bonchev–Trinajstić information content (AvgIpc) is 2.10. The minimum Gasteiger partial charge on any atom is -0.298 e. The van der Waals surface area contributed by atoms with Gasteiger partial charge in [-0.25, -0.2) is 0 Å². The van der Waals surface area contributed by atoms with Gasteiger partial charge in [0.25, 0.3) is 0 Å². The van der Waals surface area contributed by atoms with Gasteiger partial charge in [0.1, 0.15) is 5.78 Å². The predicted octanol–water partition coefficient (Wildman–Crippen LogP) is 0.824. The van der Waals surface area contributed by atoms with E-state index in [1.165, 1.54) is 0 Å². The summed E-state index contributed by atoms with van der Waals surface area (Å²) in [6, 6.07) is 0. The van der Waals surface area contributed by atoms with E-state index in [0.29, 0.717) is 0 Å². The van der Waals surface area contributed by atoms with Crippen molar-refractivity contribution in [2.45, 2.75) is 12.6 Å². The lowest BCUT2D eigenvalue weighted by molar-refractivity contribution is -0.144. The first-order valence-corrected chi connectivity index (χ1v) is 3.28. The third-order valence-electron chi connectivity index (χ3n) is 1.51. The molecule has 0 spiro atoms. The molecule has 2 nitrogen and oxygen atoms in total. The van der Waals surface area contributed by atoms with E-state index >= 15 is 0 Å². The van der Waals surface area contributed by atoms with Gasteiger partial charge in [-0.15, -0.1) is 0 Å². The Morgan fingerprint density at radius 2 is 2.09 bits per heavy atom. The number of alkyl halides is 3. The van der Waals surface area contributed by atoms with Gasteiger partial charge in [-0.2, -0.15) is 13.2 Å². The van der Waals surface area contributed by atoms with Crippen LogP contribution in [0.4, 0.5) is 13.2 Å². The maximum atomic E-state index is 11.7. The molecule has 0 bridgehead atoms. The molecular weight excluding hydrogens is 159 g/mol. The Hall–Kier alpha value is -0.580. The molecular formula is C6H8F3NO. The van der Waals surface area contributed by atoms with Crippen LogP contribution in [0.3, 0.4) is 0 Å². The molecule has 0 aromatic heterocycles. The van der Waals surface area contributed by atoms with E-state index in [4.69, 9.17) is 0 Å². The summed E-state index contributed by atoms with van der Waals surface area (Å²) < 4.78 is 35.0. The molecule has 11 heavy (non-hydrogen) atoms. The number of carbonyl (C=O) groups is 1. The summed E-state index contributed by atoms with van der Waals surface area (Å²) in [6.07, 6.45) is -3.92. The molecule has 1 heterocycles. The number of nitrogens with zero attached hydrogens (tertiary/aromatic N) is 1. The predicted molar refractivity (Wildman–Crippen MR) is 32.1 cm³/mol. The van der Waals surface area contributed by atoms with Crippen molar-refractivity contribution >= 4 is 5.78 Å². The van der Waals surface area contributed by atoms with Gasteiger partial charge in [0.05, 0.1) is 13.1 Å². The normalized spacial score (nSPS) is 21.2. The molecule has 0 radical (unpaired) electrons. The molecule has 0 N–H and O–H groups in total. The lowest BCUT2D eigenvalue weighted by Gasteiger charge is -2.15. The van der Waals surface area contributed by atoms with Crippen LogP contribution >= 0.6 is 0 Å². The zero-order valence-corrected chi connectivity index (χ0v) is 5.82. The Bertz CT molecular complexity index is 166. The third kappa shape index (κ3) is 2.88. The molecule has 1 fully saturated rings. The van der Waals surface area contributed by atoms with Gasteiger partial charge in [-0.05, 0) is 0 Å². The second kappa shape index (κ2) is 2.81. The number of likely N-dealkylation sites (tertiary alicyclic amines) is 1. The van der Waals surface area contributed by atoms with Crippen LogP contribution in [-0.2, 0) is 4.79 Å². The fourth-order valence-corrected chi connectivity index (χ4v) is 1.08. The Morgan fingerprint density at radius 1 is 1.45 bits per heavy atom. The summed E-state index contributed by atoms with van der Waals surface area (Å²) >= 11 is 0. The number of Topliss-reactive ketones (excluding diaryl/α,β-unsaturated/α-hetero) is 1. The van der Waals surface area contributed by atoms with Crippen LogP contribution in [0.1, 0.15) is 6.42 Å². The fourth-order valence-electron chi connectivity index (χ4n) is 1.08. The molecule has 0 aromatic carbocycles. The largest absolute Gasteiger partial charge is 0.401 e. The van der Waals surface area contributed by atoms with Crippen molar-refractivity contribution < 1.29 is 18.0 Å². The lowest BCUT2D eigenvalue weighted by atomic mass is 10.4. The molecule has 0 aromatic rings. The standard InChI is InChI=1S/C6H8F3NO/c7-6(8,9)4-10-2-1-5(11)3-10/h1-4H2. The molecule has 0 amide bonds. The van der Waals surface area contributed by atoms with Gasteiger partial charge in [0.2, 0.25) is 0 Å². The quantitative estimate of drug-likeness (QED) is 0.576. The summed E-state index contributed by atoms with van der Waals surface area (Å²) in [5, 5.41) is 0. The van der Waals surface area contributed by atoms with Crippen molar-refractivity contribution in [2.75, 3.05) is 19.6 Å². The van der Waals surface area contributed by atoms with E-state index in [9.17, 15) is 18.0 Å². The Morgan fingerprint density at radius 3 is 2.45 bits per heavy atom. The molecule has 1 aliphatic heterocycles. The molecule has 1 aliphatic rings. The summed E-state index contributed by atoms with van der Waals surface area (Å²) in [7, 11) is 0. The molecule has 64 valence electrons. The maximum absolute atomic E-state index is 11.7. The van der Waals surface area contributed by atoms with Gasteiger partial charge in [-0.3, -0.25) is 9.69 Å². The molecule has 5 heteroatoms. The van der Waals surface area contributed by atoms with Crippen LogP contribution in [0.15, 0.2) is 0 Å². The van der Waals surface area contributed by atoms with Crippen molar-refractivity contribution in [3.05, 3.63) is 0 Å². The Labute approximate surface area is 62.0 Å². The topological polar surface area (TPSA) is 20.3 Å². The molecule has 0 atom stereocenters. The smallest absolute Gasteiger partial charge is 0.298 e. The number of hydrogen-bond donors (Lipinski definition) is 0. The minimum absolute atomic E-state index is 0.0422. The van der Waals surface area contributed by atoms with E-state index in [2.05, 4.69) is 0 Å². The van der Waals surface area contributed by atoms with Crippen LogP contribution in [0, 0.1) is 0 Å². The Balaban J connectivity index is 2.34. The highest BCUT2D eigenvalue weighted by Gasteiger charge is 2.33. The lowest BCUT2D eigenvalue weighted by Crippen LogP contribution is -2.32. The number of ketones is 1. The summed E-state index contributed by atoms with van der Waals surface area (Å²) in [5.74, 6) is -0.103. The number of halogens is 3. The van der Waals surface area contributed by atoms with Crippen LogP contribution in [-0.4, -0.2) is 36.5 Å². The third-order valence-corrected chi connectivity index (χ3v) is 1.51. The molecule has 1 rings (SSSR count). The van der Waals surface area contributed by atoms with Gasteiger partial charge < -0.3 is 0 Å². The number of carbonyl (C=O) groups excluding carboxylic acids is 1. The van der Waals surface area contributed by atoms with Crippen molar-refractivity contribution in [2.24, 2.45) is 0 Å². The second-order valence-electron chi connectivity index (χ2n) is 2.61. The van der Waals surface area contributed by atoms with E-state index in [1.807, 2.05) is 0 Å². The molecule has 0 aliphatic carbocycles. The minimum atomic E-state index is -4.18. The second-order valence-corrected chi connectivity index (χ2v) is 2.61. The van der Waals surface area contributed by atoms with Crippen molar-refractivity contribution in [3.63, 3.8) is 0 Å². The van der Waals surface area contributed by atoms with Crippen molar-refractivity contribution in [1.29, 1.82) is 0 Å². The summed E-state index contributed by atoms with van der Waals surface area (Å²) in [4.78, 5) is 11.6. The summed E-state index contributed by atoms with van der Waals surface area (Å²) in [6.45, 7) is -0.753. The molecule has 0 saturated carbocycles. The van der Waals surface area contributed by atoms with Crippen LogP contribution < -0.4 is 0 Å². The van der Waals surface area contributed by atoms with E-state index < -0.39 is 12.7 Å². The first-order valence-electron chi connectivity index (χ1n) is 3.28. The van der Waals surface area contributed by atoms with Crippen LogP contribution in [0.2, 0.25) is 0 Å². The highest BCUT2D eigenvalue weighted by molar-refractivity contribution is 5.82. The van der Waals surface area contributed by atoms with Gasteiger partial charge in [-0.1, -0.05) is 0 Å². The summed E-state index contributed by atoms with van der Waals surface area (Å²) in [5.41, 5.74) is 0. The van der Waals surface area contributed by atoms with E-state index in [0.717, 1.165) is 4.90 Å². The van der Waals surface area contributed by atoms with Crippen LogP contribution in [0.25, 0.3) is 0 Å². The van der Waals surface area contributed by atoms with Crippen molar-refractivity contribution in [3.8, 4) is 0 Å². The Kier molecular flexibility index (Phi) is 2.17. The zero-order valence-electron chi connectivity index (χ0n) is 5.82. The molecule has 0 unspecified atom stereocenters. The average molecular weight is 167 g/mol. The van der Waals surface area contributed by atoms with E-state index in [1.54, 1.807) is 0 Å². The van der Waals surface area contributed by atoms with Gasteiger partial charge in [0.15, 0.2) is 0 Å². The maximum Gasteiger partial charge on any atom is 0.401 e. The zero-order chi connectivity index (χ0) is 8.48. The first-order chi connectivity index (χ1) is 4.97. The highest BCUT2D eigenvalue weighted by Crippen LogP contribution is 2.18.